The van der Waals surface area contributed by atoms with E-state index in [1.165, 1.54) is 0 Å². The fourth-order valence-corrected chi connectivity index (χ4v) is 3.15. The summed E-state index contributed by atoms with van der Waals surface area (Å²) < 4.78 is 6.16. The molecule has 0 aliphatic carbocycles. The Morgan fingerprint density at radius 1 is 1.25 bits per heavy atom. The second kappa shape index (κ2) is 8.31. The lowest BCUT2D eigenvalue weighted by molar-refractivity contribution is -0.682. The molecule has 3 N–H and O–H groups in total. The van der Waals surface area contributed by atoms with Gasteiger partial charge in [0.05, 0.1) is 11.6 Å². The van der Waals surface area contributed by atoms with E-state index in [-0.39, 0.29) is 11.9 Å². The van der Waals surface area contributed by atoms with Gasteiger partial charge in [-0.1, -0.05) is 18.2 Å². The molecule has 1 atom stereocenters. The van der Waals surface area contributed by atoms with Crippen LogP contribution < -0.4 is 15.4 Å². The number of carbonyl (C=O) groups is 1. The summed E-state index contributed by atoms with van der Waals surface area (Å²) in [5, 5.41) is 5.04. The number of methoxy groups -OCH3 is 1. The first kappa shape index (κ1) is 18.5. The lowest BCUT2D eigenvalue weighted by Crippen LogP contribution is -2.86. The molecule has 128 valence electrons. The lowest BCUT2D eigenvalue weighted by atomic mass is 10.1. The third-order valence-electron chi connectivity index (χ3n) is 4.10. The Morgan fingerprint density at radius 2 is 1.92 bits per heavy atom. The molecule has 2 aromatic rings. The summed E-state index contributed by atoms with van der Waals surface area (Å²) in [4.78, 5) is 12.2. The van der Waals surface area contributed by atoms with Crippen LogP contribution in [0.2, 0.25) is 0 Å². The average Bonchev–Trinajstić information content (AvgIpc) is 2.56. The van der Waals surface area contributed by atoms with Gasteiger partial charge in [-0.2, -0.15) is 0 Å². The highest BCUT2D eigenvalue weighted by Crippen LogP contribution is 2.27. The molecule has 0 spiro atoms. The normalized spacial score (nSPS) is 11.9. The number of nitrogens with one attached hydrogen (secondary N) is 1. The molecule has 0 saturated carbocycles. The van der Waals surface area contributed by atoms with E-state index in [9.17, 15) is 4.79 Å². The van der Waals surface area contributed by atoms with Crippen LogP contribution >= 0.6 is 15.9 Å². The van der Waals surface area contributed by atoms with Crippen molar-refractivity contribution in [3.8, 4) is 5.75 Å². The number of carbonyl (C=O) groups excluding carboxylic acids is 1. The molecular weight excluding hydrogens is 368 g/mol. The van der Waals surface area contributed by atoms with Crippen molar-refractivity contribution in [3.05, 3.63) is 57.6 Å². The molecule has 24 heavy (non-hydrogen) atoms. The van der Waals surface area contributed by atoms with Gasteiger partial charge >= 0.3 is 0 Å². The Kier molecular flexibility index (Phi) is 6.40. The van der Waals surface area contributed by atoms with Gasteiger partial charge in [0.1, 0.15) is 11.8 Å². The van der Waals surface area contributed by atoms with E-state index >= 15 is 0 Å². The predicted molar refractivity (Wildman–Crippen MR) is 100 cm³/mol. The predicted octanol–water partition coefficient (Wildman–Crippen LogP) is 3.34. The van der Waals surface area contributed by atoms with E-state index in [4.69, 9.17) is 4.74 Å². The monoisotopic (exact) mass is 391 g/mol. The van der Waals surface area contributed by atoms with E-state index in [2.05, 4.69) is 28.2 Å². The summed E-state index contributed by atoms with van der Waals surface area (Å²) in [6.45, 7) is 6.47. The molecule has 0 aliphatic heterocycles. The Hall–Kier alpha value is -1.85. The summed E-state index contributed by atoms with van der Waals surface area (Å²) in [6.07, 6.45) is 0. The number of hydrogen-bond donors (Lipinski definition) is 2. The molecule has 5 heteroatoms. The maximum atomic E-state index is 12.2. The highest BCUT2D eigenvalue weighted by molar-refractivity contribution is 9.10. The molecule has 0 aromatic heterocycles. The number of quaternary nitrogens is 1. The van der Waals surface area contributed by atoms with E-state index in [0.29, 0.717) is 6.54 Å². The van der Waals surface area contributed by atoms with Crippen LogP contribution in [0.4, 0.5) is 5.69 Å². The highest BCUT2D eigenvalue weighted by atomic mass is 79.9. The largest absolute Gasteiger partial charge is 0.496 e. The number of para-hydroxylation sites is 1. The maximum Gasteiger partial charge on any atom is 0.279 e. The Labute approximate surface area is 151 Å². The van der Waals surface area contributed by atoms with Crippen molar-refractivity contribution in [1.29, 1.82) is 0 Å². The van der Waals surface area contributed by atoms with Gasteiger partial charge in [-0.05, 0) is 66.0 Å². The Bertz CT molecular complexity index is 711. The maximum absolute atomic E-state index is 12.2. The van der Waals surface area contributed by atoms with Crippen LogP contribution in [0.15, 0.2) is 40.9 Å². The third-order valence-corrected chi connectivity index (χ3v) is 4.72. The molecule has 4 nitrogen and oxygen atoms in total. The zero-order chi connectivity index (χ0) is 17.7. The number of nitrogens with two attached hydrogens (primary N) is 1. The van der Waals surface area contributed by atoms with Gasteiger partial charge in [0.25, 0.3) is 5.91 Å². The smallest absolute Gasteiger partial charge is 0.279 e. The molecular formula is C19H24BrN2O2+. The second-order valence-corrected chi connectivity index (χ2v) is 6.79. The quantitative estimate of drug-likeness (QED) is 0.793. The van der Waals surface area contributed by atoms with Crippen molar-refractivity contribution in [1.82, 2.24) is 0 Å². The van der Waals surface area contributed by atoms with Crippen molar-refractivity contribution in [3.63, 3.8) is 0 Å². The minimum absolute atomic E-state index is 0.00632. The van der Waals surface area contributed by atoms with Gasteiger partial charge in [0.2, 0.25) is 0 Å². The molecule has 0 aliphatic rings. The van der Waals surface area contributed by atoms with Gasteiger partial charge in [0.15, 0.2) is 6.54 Å². The first-order chi connectivity index (χ1) is 11.4. The molecule has 0 fully saturated rings. The number of aryl methyl sites for hydroxylation is 2. The number of ether oxygens (including phenoxy) is 1. The van der Waals surface area contributed by atoms with Crippen molar-refractivity contribution in [2.45, 2.75) is 26.8 Å². The topological polar surface area (TPSA) is 54.9 Å². The summed E-state index contributed by atoms with van der Waals surface area (Å²) >= 11 is 3.50. The van der Waals surface area contributed by atoms with Crippen LogP contribution in [-0.2, 0) is 4.79 Å². The van der Waals surface area contributed by atoms with E-state index in [1.807, 2.05) is 55.6 Å². The summed E-state index contributed by atoms with van der Waals surface area (Å²) in [5.41, 5.74) is 4.21. The van der Waals surface area contributed by atoms with Crippen LogP contribution in [0, 0.1) is 13.8 Å². The minimum atomic E-state index is 0.00632. The molecule has 0 heterocycles. The average molecular weight is 392 g/mol. The first-order valence-electron chi connectivity index (χ1n) is 7.95. The van der Waals surface area contributed by atoms with Gasteiger partial charge in [-0.3, -0.25) is 4.79 Å². The number of anilines is 1. The lowest BCUT2D eigenvalue weighted by Gasteiger charge is -2.14. The van der Waals surface area contributed by atoms with Gasteiger partial charge in [-0.25, -0.2) is 0 Å². The fraction of sp³-hybridized carbons (Fsp3) is 0.316. The molecule has 0 radical (unpaired) electrons. The van der Waals surface area contributed by atoms with Crippen molar-refractivity contribution >= 4 is 27.5 Å². The van der Waals surface area contributed by atoms with Crippen molar-refractivity contribution in [2.24, 2.45) is 0 Å². The van der Waals surface area contributed by atoms with E-state index < -0.39 is 0 Å². The van der Waals surface area contributed by atoms with E-state index in [1.54, 1.807) is 7.11 Å². The summed E-state index contributed by atoms with van der Waals surface area (Å²) in [6, 6.07) is 12.2. The number of hydrogen-bond acceptors (Lipinski definition) is 2. The number of benzene rings is 2. The molecule has 0 bridgehead atoms. The number of rotatable bonds is 6. The minimum Gasteiger partial charge on any atom is -0.496 e. The molecule has 1 amide bonds. The Balaban J connectivity index is 1.95. The van der Waals surface area contributed by atoms with Crippen LogP contribution in [0.25, 0.3) is 0 Å². The molecule has 0 unspecified atom stereocenters. The highest BCUT2D eigenvalue weighted by Gasteiger charge is 2.14. The third kappa shape index (κ3) is 4.58. The zero-order valence-electron chi connectivity index (χ0n) is 14.5. The first-order valence-corrected chi connectivity index (χ1v) is 8.74. The second-order valence-electron chi connectivity index (χ2n) is 5.94. The molecule has 2 rings (SSSR count). The zero-order valence-corrected chi connectivity index (χ0v) is 16.1. The standard InChI is InChI=1S/C19H23BrN2O2/c1-12-6-5-7-13(2)19(12)22-18(23)11-21-14(3)15-8-9-17(24-4)16(20)10-15/h5-10,14,21H,11H2,1-4H3,(H,22,23)/p+1/t14-/m0/s1. The van der Waals surface area contributed by atoms with Crippen molar-refractivity contribution in [2.75, 3.05) is 19.0 Å². The van der Waals surface area contributed by atoms with Gasteiger partial charge < -0.3 is 15.4 Å². The fourth-order valence-electron chi connectivity index (χ4n) is 2.59. The van der Waals surface area contributed by atoms with Crippen LogP contribution in [-0.4, -0.2) is 19.6 Å². The van der Waals surface area contributed by atoms with E-state index in [0.717, 1.165) is 32.6 Å². The number of halogens is 1. The Morgan fingerprint density at radius 3 is 2.50 bits per heavy atom. The van der Waals surface area contributed by atoms with Crippen molar-refractivity contribution < 1.29 is 14.8 Å². The number of amides is 1. The van der Waals surface area contributed by atoms with Crippen LogP contribution in [0.1, 0.15) is 29.7 Å². The SMILES string of the molecule is COc1ccc([C@H](C)[NH2+]CC(=O)Nc2c(C)cccc2C)cc1Br. The summed E-state index contributed by atoms with van der Waals surface area (Å²) in [5.74, 6) is 0.811. The molecule has 0 saturated heterocycles. The summed E-state index contributed by atoms with van der Waals surface area (Å²) in [7, 11) is 1.65. The molecule has 2 aromatic carbocycles. The van der Waals surface area contributed by atoms with Crippen LogP contribution in [0.5, 0.6) is 5.75 Å². The van der Waals surface area contributed by atoms with Gasteiger partial charge in [0, 0.05) is 11.3 Å². The van der Waals surface area contributed by atoms with Crippen LogP contribution in [0.3, 0.4) is 0 Å². The van der Waals surface area contributed by atoms with Gasteiger partial charge in [-0.15, -0.1) is 0 Å².